The SMILES string of the molecule is CCCOc1ccc(NC(=O)c2ccccc2Br)c([N+](=O)[O-])c1. The minimum atomic E-state index is -0.547. The van der Waals surface area contributed by atoms with Gasteiger partial charge >= 0.3 is 0 Å². The predicted octanol–water partition coefficient (Wildman–Crippen LogP) is 4.40. The van der Waals surface area contributed by atoms with Crippen molar-refractivity contribution < 1.29 is 14.5 Å². The summed E-state index contributed by atoms with van der Waals surface area (Å²) in [6.07, 6.45) is 0.800. The summed E-state index contributed by atoms with van der Waals surface area (Å²) >= 11 is 3.28. The van der Waals surface area contributed by atoms with Crippen LogP contribution in [-0.2, 0) is 0 Å². The Kier molecular flexibility index (Phi) is 5.70. The molecule has 0 fully saturated rings. The van der Waals surface area contributed by atoms with Gasteiger partial charge in [-0.1, -0.05) is 19.1 Å². The summed E-state index contributed by atoms with van der Waals surface area (Å²) in [4.78, 5) is 22.9. The van der Waals surface area contributed by atoms with Crippen LogP contribution in [0.4, 0.5) is 11.4 Å². The zero-order valence-corrected chi connectivity index (χ0v) is 14.0. The molecule has 0 radical (unpaired) electrons. The molecule has 0 heterocycles. The van der Waals surface area contributed by atoms with Crippen LogP contribution >= 0.6 is 15.9 Å². The van der Waals surface area contributed by atoms with E-state index in [1.807, 2.05) is 6.92 Å². The highest BCUT2D eigenvalue weighted by Gasteiger charge is 2.19. The molecule has 6 nitrogen and oxygen atoms in total. The van der Waals surface area contributed by atoms with E-state index in [2.05, 4.69) is 21.2 Å². The summed E-state index contributed by atoms with van der Waals surface area (Å²) in [6.45, 7) is 2.42. The third-order valence-electron chi connectivity index (χ3n) is 3.01. The van der Waals surface area contributed by atoms with E-state index < -0.39 is 10.8 Å². The van der Waals surface area contributed by atoms with Crippen molar-refractivity contribution in [3.05, 3.63) is 62.6 Å². The number of nitrogens with zero attached hydrogens (tertiary/aromatic N) is 1. The van der Waals surface area contributed by atoms with Crippen LogP contribution in [0.1, 0.15) is 23.7 Å². The van der Waals surface area contributed by atoms with Gasteiger partial charge in [0, 0.05) is 4.47 Å². The molecule has 7 heteroatoms. The number of benzene rings is 2. The van der Waals surface area contributed by atoms with Gasteiger partial charge in [-0.2, -0.15) is 0 Å². The van der Waals surface area contributed by atoms with Crippen LogP contribution in [0.5, 0.6) is 5.75 Å². The molecule has 2 rings (SSSR count). The Morgan fingerprint density at radius 1 is 1.30 bits per heavy atom. The Morgan fingerprint density at radius 2 is 2.04 bits per heavy atom. The summed E-state index contributed by atoms with van der Waals surface area (Å²) in [6, 6.07) is 11.2. The van der Waals surface area contributed by atoms with Gasteiger partial charge in [0.1, 0.15) is 11.4 Å². The molecule has 0 saturated carbocycles. The highest BCUT2D eigenvalue weighted by Crippen LogP contribution is 2.30. The number of anilines is 1. The Bertz CT molecular complexity index is 734. The maximum absolute atomic E-state index is 12.3. The van der Waals surface area contributed by atoms with Crippen LogP contribution in [0.2, 0.25) is 0 Å². The Balaban J connectivity index is 2.27. The molecular weight excluding hydrogens is 364 g/mol. The standard InChI is InChI=1S/C16H15BrN2O4/c1-2-9-23-11-7-8-14(15(10-11)19(21)22)18-16(20)12-5-3-4-6-13(12)17/h3-8,10H,2,9H2,1H3,(H,18,20). The number of nitro benzene ring substituents is 1. The molecule has 1 N–H and O–H groups in total. The van der Waals surface area contributed by atoms with Crippen molar-refractivity contribution >= 4 is 33.2 Å². The Labute approximate surface area is 141 Å². The minimum Gasteiger partial charge on any atom is -0.493 e. The molecule has 120 valence electrons. The topological polar surface area (TPSA) is 81.5 Å². The zero-order chi connectivity index (χ0) is 16.8. The lowest BCUT2D eigenvalue weighted by Gasteiger charge is -2.09. The summed E-state index contributed by atoms with van der Waals surface area (Å²) in [5.41, 5.74) is 0.312. The van der Waals surface area contributed by atoms with Crippen molar-refractivity contribution in [3.63, 3.8) is 0 Å². The Morgan fingerprint density at radius 3 is 2.70 bits per heavy atom. The molecule has 0 aromatic heterocycles. The third-order valence-corrected chi connectivity index (χ3v) is 3.70. The van der Waals surface area contributed by atoms with Crippen LogP contribution in [0, 0.1) is 10.1 Å². The molecule has 0 aliphatic heterocycles. The van der Waals surface area contributed by atoms with E-state index in [0.29, 0.717) is 22.4 Å². The fourth-order valence-corrected chi connectivity index (χ4v) is 2.38. The second-order valence-corrected chi connectivity index (χ2v) is 5.57. The fraction of sp³-hybridized carbons (Fsp3) is 0.188. The number of carbonyl (C=O) groups excluding carboxylic acids is 1. The first-order valence-corrected chi connectivity index (χ1v) is 7.79. The number of rotatable bonds is 6. The summed E-state index contributed by atoms with van der Waals surface area (Å²) in [7, 11) is 0. The van der Waals surface area contributed by atoms with Crippen LogP contribution in [-0.4, -0.2) is 17.4 Å². The molecule has 23 heavy (non-hydrogen) atoms. The second-order valence-electron chi connectivity index (χ2n) is 4.72. The van der Waals surface area contributed by atoms with Gasteiger partial charge in [0.2, 0.25) is 0 Å². The largest absolute Gasteiger partial charge is 0.493 e. The van der Waals surface area contributed by atoms with Crippen molar-refractivity contribution in [2.75, 3.05) is 11.9 Å². The van der Waals surface area contributed by atoms with Crippen molar-refractivity contribution in [2.24, 2.45) is 0 Å². The van der Waals surface area contributed by atoms with Crippen molar-refractivity contribution in [3.8, 4) is 5.75 Å². The smallest absolute Gasteiger partial charge is 0.296 e. The number of amides is 1. The number of hydrogen-bond acceptors (Lipinski definition) is 4. The molecule has 0 spiro atoms. The maximum Gasteiger partial charge on any atom is 0.296 e. The average Bonchev–Trinajstić information content (AvgIpc) is 2.54. The van der Waals surface area contributed by atoms with Gasteiger partial charge in [-0.05, 0) is 46.6 Å². The summed E-state index contributed by atoms with van der Waals surface area (Å²) in [5.74, 6) is -0.0276. The molecule has 1 amide bonds. The van der Waals surface area contributed by atoms with Crippen molar-refractivity contribution in [2.45, 2.75) is 13.3 Å². The van der Waals surface area contributed by atoms with Gasteiger partial charge in [0.25, 0.3) is 11.6 Å². The first-order chi connectivity index (χ1) is 11.0. The number of ether oxygens (including phenoxy) is 1. The van der Waals surface area contributed by atoms with Crippen LogP contribution in [0.3, 0.4) is 0 Å². The number of nitrogens with one attached hydrogen (secondary N) is 1. The summed E-state index contributed by atoms with van der Waals surface area (Å²) in [5, 5.41) is 13.8. The zero-order valence-electron chi connectivity index (χ0n) is 12.4. The average molecular weight is 379 g/mol. The van der Waals surface area contributed by atoms with Gasteiger partial charge in [0.15, 0.2) is 0 Å². The fourth-order valence-electron chi connectivity index (χ4n) is 1.91. The van der Waals surface area contributed by atoms with Crippen molar-refractivity contribution in [1.82, 2.24) is 0 Å². The molecule has 0 aliphatic rings. The summed E-state index contributed by atoms with van der Waals surface area (Å²) < 4.78 is 6.00. The van der Waals surface area contributed by atoms with E-state index in [-0.39, 0.29) is 11.4 Å². The molecule has 0 saturated heterocycles. The van der Waals surface area contributed by atoms with Gasteiger partial charge in [-0.15, -0.1) is 0 Å². The highest BCUT2D eigenvalue weighted by atomic mass is 79.9. The third kappa shape index (κ3) is 4.29. The quantitative estimate of drug-likeness (QED) is 0.596. The van der Waals surface area contributed by atoms with E-state index >= 15 is 0 Å². The predicted molar refractivity (Wildman–Crippen MR) is 91.0 cm³/mol. The van der Waals surface area contributed by atoms with Gasteiger partial charge < -0.3 is 10.1 Å². The molecule has 2 aromatic rings. The van der Waals surface area contributed by atoms with Crippen molar-refractivity contribution in [1.29, 1.82) is 0 Å². The van der Waals surface area contributed by atoms with Crippen LogP contribution < -0.4 is 10.1 Å². The lowest BCUT2D eigenvalue weighted by molar-refractivity contribution is -0.384. The van der Waals surface area contributed by atoms with Gasteiger partial charge in [-0.25, -0.2) is 0 Å². The van der Waals surface area contributed by atoms with E-state index in [1.54, 1.807) is 30.3 Å². The first kappa shape index (κ1) is 17.0. The van der Waals surface area contributed by atoms with Gasteiger partial charge in [0.05, 0.1) is 23.2 Å². The van der Waals surface area contributed by atoms with E-state index in [4.69, 9.17) is 4.74 Å². The first-order valence-electron chi connectivity index (χ1n) is 7.00. The van der Waals surface area contributed by atoms with E-state index in [0.717, 1.165) is 6.42 Å². The number of halogens is 1. The molecule has 0 atom stereocenters. The normalized spacial score (nSPS) is 10.2. The molecule has 0 aliphatic carbocycles. The molecular formula is C16H15BrN2O4. The molecule has 0 bridgehead atoms. The lowest BCUT2D eigenvalue weighted by Crippen LogP contribution is -2.13. The van der Waals surface area contributed by atoms with E-state index in [9.17, 15) is 14.9 Å². The Hall–Kier alpha value is -2.41. The van der Waals surface area contributed by atoms with Crippen LogP contribution in [0.15, 0.2) is 46.9 Å². The second kappa shape index (κ2) is 7.73. The van der Waals surface area contributed by atoms with E-state index in [1.165, 1.54) is 12.1 Å². The van der Waals surface area contributed by atoms with Crippen LogP contribution in [0.25, 0.3) is 0 Å². The number of hydrogen-bond donors (Lipinski definition) is 1. The maximum atomic E-state index is 12.3. The number of carbonyl (C=O) groups is 1. The molecule has 0 unspecified atom stereocenters. The highest BCUT2D eigenvalue weighted by molar-refractivity contribution is 9.10. The molecule has 2 aromatic carbocycles. The number of nitro groups is 1. The lowest BCUT2D eigenvalue weighted by atomic mass is 10.2. The monoisotopic (exact) mass is 378 g/mol. The minimum absolute atomic E-state index is 0.125. The van der Waals surface area contributed by atoms with Gasteiger partial charge in [-0.3, -0.25) is 14.9 Å².